The van der Waals surface area contributed by atoms with Crippen LogP contribution in [0.25, 0.3) is 11.1 Å². The number of fused-ring (bicyclic) bond motifs is 3. The summed E-state index contributed by atoms with van der Waals surface area (Å²) in [7, 11) is 0. The van der Waals surface area contributed by atoms with Crippen LogP contribution in [0.3, 0.4) is 0 Å². The molecule has 0 bridgehead atoms. The van der Waals surface area contributed by atoms with Crippen LogP contribution in [0, 0.1) is 11.8 Å². The Hall–Kier alpha value is -0.400. The molecule has 4 rings (SSSR count). The van der Waals surface area contributed by atoms with E-state index in [-0.39, 0.29) is 30.2 Å². The zero-order valence-corrected chi connectivity index (χ0v) is 23.4. The third kappa shape index (κ3) is 5.32. The molecule has 0 N–H and O–H groups in total. The van der Waals surface area contributed by atoms with Gasteiger partial charge in [0.2, 0.25) is 0 Å². The molecule has 0 nitrogen and oxygen atoms in total. The van der Waals surface area contributed by atoms with Crippen molar-refractivity contribution >= 4 is 5.43 Å². The third-order valence-electron chi connectivity index (χ3n) is 5.93. The summed E-state index contributed by atoms with van der Waals surface area (Å²) in [6.07, 6.45) is 8.52. The normalized spacial score (nSPS) is 13.8. The number of allylic oxidation sites excluding steroid dienone is 4. The smallest absolute Gasteiger partial charge is 1.00 e. The Balaban J connectivity index is 0.00000160. The molecule has 0 radical (unpaired) electrons. The zero-order valence-electron chi connectivity index (χ0n) is 18.5. The summed E-state index contributed by atoms with van der Waals surface area (Å²) in [5.74, 6) is 1.65. The minimum Gasteiger partial charge on any atom is -1.00 e. The van der Waals surface area contributed by atoms with Crippen LogP contribution in [-0.2, 0) is 20.4 Å². The molecule has 0 saturated heterocycles. The average Bonchev–Trinajstić information content (AvgIpc) is 3.29. The van der Waals surface area contributed by atoms with Crippen molar-refractivity contribution in [3.05, 3.63) is 81.2 Å². The van der Waals surface area contributed by atoms with Crippen molar-refractivity contribution in [1.29, 1.82) is 0 Å². The van der Waals surface area contributed by atoms with Gasteiger partial charge in [-0.15, -0.1) is 0 Å². The van der Waals surface area contributed by atoms with Gasteiger partial charge in [-0.3, -0.25) is 0 Å². The van der Waals surface area contributed by atoms with Gasteiger partial charge in [-0.1, -0.05) is 0 Å². The fourth-order valence-electron chi connectivity index (χ4n) is 5.02. The van der Waals surface area contributed by atoms with E-state index in [2.05, 4.69) is 94.5 Å². The van der Waals surface area contributed by atoms with Crippen molar-refractivity contribution in [2.45, 2.75) is 49.8 Å². The van der Waals surface area contributed by atoms with Crippen LogP contribution in [-0.4, -0.2) is 5.43 Å². The molecular formula is C26H32Cl2SiZr. The Morgan fingerprint density at radius 3 is 1.77 bits per heavy atom. The maximum Gasteiger partial charge on any atom is -1.00 e. The second kappa shape index (κ2) is 11.5. The number of halogens is 2. The van der Waals surface area contributed by atoms with E-state index in [9.17, 15) is 0 Å². The predicted molar refractivity (Wildman–Crippen MR) is 121 cm³/mol. The Bertz CT molecular complexity index is 915. The maximum absolute atomic E-state index is 2.53. The summed E-state index contributed by atoms with van der Waals surface area (Å²) in [5, 5.41) is 0. The monoisotopic (exact) mass is 532 g/mol. The van der Waals surface area contributed by atoms with Crippen molar-refractivity contribution < 1.29 is 45.2 Å². The van der Waals surface area contributed by atoms with E-state index in [0.717, 1.165) is 15.5 Å². The second-order valence-electron chi connectivity index (χ2n) is 9.14. The van der Waals surface area contributed by atoms with Crippen molar-refractivity contribution in [3.63, 3.8) is 0 Å². The summed E-state index contributed by atoms with van der Waals surface area (Å²) < 4.78 is 2.61. The van der Waals surface area contributed by atoms with Crippen LogP contribution < -0.4 is 24.8 Å². The van der Waals surface area contributed by atoms with E-state index >= 15 is 0 Å². The summed E-state index contributed by atoms with van der Waals surface area (Å²) in [6.45, 7) is 9.79. The molecule has 2 aliphatic carbocycles. The molecule has 0 aliphatic heterocycles. The van der Waals surface area contributed by atoms with Crippen molar-refractivity contribution in [3.8, 4) is 11.1 Å². The molecular weight excluding hydrogens is 503 g/mol. The quantitative estimate of drug-likeness (QED) is 0.494. The first-order valence-corrected chi connectivity index (χ1v) is 19.1. The summed E-state index contributed by atoms with van der Waals surface area (Å²) in [5.41, 5.74) is 6.00. The zero-order chi connectivity index (χ0) is 19.7. The number of benzene rings is 2. The van der Waals surface area contributed by atoms with E-state index in [4.69, 9.17) is 0 Å². The molecule has 0 aromatic heterocycles. The summed E-state index contributed by atoms with van der Waals surface area (Å²) >= 11 is -1.90. The molecule has 30 heavy (non-hydrogen) atoms. The first-order valence-electron chi connectivity index (χ1n) is 10.8. The van der Waals surface area contributed by atoms with Gasteiger partial charge in [-0.05, 0) is 0 Å². The van der Waals surface area contributed by atoms with Gasteiger partial charge in [0, 0.05) is 0 Å². The van der Waals surface area contributed by atoms with Gasteiger partial charge in [-0.2, -0.15) is 0 Å². The molecule has 2 aromatic rings. The molecule has 0 fully saturated rings. The molecule has 0 amide bonds. The Kier molecular flexibility index (Phi) is 9.88. The van der Waals surface area contributed by atoms with Gasteiger partial charge in [0.05, 0.1) is 0 Å². The van der Waals surface area contributed by atoms with Gasteiger partial charge in [0.25, 0.3) is 0 Å². The topological polar surface area (TPSA) is 0 Å². The van der Waals surface area contributed by atoms with Crippen LogP contribution in [0.1, 0.15) is 48.9 Å². The van der Waals surface area contributed by atoms with Gasteiger partial charge >= 0.3 is 180 Å². The van der Waals surface area contributed by atoms with Crippen LogP contribution in [0.15, 0.2) is 70.0 Å². The number of hydrogen-bond acceptors (Lipinski definition) is 0. The molecule has 4 heteroatoms. The van der Waals surface area contributed by atoms with E-state index in [1.807, 2.05) is 3.28 Å². The van der Waals surface area contributed by atoms with Crippen molar-refractivity contribution in [2.75, 3.05) is 0 Å². The van der Waals surface area contributed by atoms with Crippen LogP contribution in [0.4, 0.5) is 0 Å². The summed E-state index contributed by atoms with van der Waals surface area (Å²) in [6, 6.07) is 21.6. The molecule has 0 spiro atoms. The van der Waals surface area contributed by atoms with E-state index in [1.165, 1.54) is 29.6 Å². The van der Waals surface area contributed by atoms with Crippen molar-refractivity contribution in [1.82, 2.24) is 0 Å². The minimum atomic E-state index is -1.90. The largest absolute Gasteiger partial charge is 1.00 e. The van der Waals surface area contributed by atoms with Gasteiger partial charge < -0.3 is 24.8 Å². The molecule has 0 saturated carbocycles. The van der Waals surface area contributed by atoms with Crippen LogP contribution >= 0.6 is 0 Å². The Morgan fingerprint density at radius 2 is 1.33 bits per heavy atom. The SMILES string of the molecule is CC(C)C[Si](CC(C)C)=[Zr+2]([C]1=CC=CC1)[CH]1c2ccccc2-c2ccccc21.[Cl-].[Cl-]. The van der Waals surface area contributed by atoms with Crippen molar-refractivity contribution in [2.24, 2.45) is 11.8 Å². The first-order chi connectivity index (χ1) is 13.6. The van der Waals surface area contributed by atoms with Gasteiger partial charge in [0.1, 0.15) is 0 Å². The average molecular weight is 535 g/mol. The molecule has 0 atom stereocenters. The molecule has 158 valence electrons. The standard InChI is InChI=1S/C13H9.C8H18Si.C5H5.2ClH.Zr/c1-3-7-12-10(5-1)9-11-6-2-4-8-13(11)12;1-7(2)5-9-6-8(3)4;1-2-4-5-3-1;;;/h1-9H;7-8H,5-6H2,1-4H3;1-3H,4H2;2*1H;/q;;;;;+2/p-2. The predicted octanol–water partition coefficient (Wildman–Crippen LogP) is 1.53. The Labute approximate surface area is 203 Å². The molecule has 0 heterocycles. The Morgan fingerprint density at radius 1 is 0.833 bits per heavy atom. The second-order valence-corrected chi connectivity index (χ2v) is 24.6. The summed E-state index contributed by atoms with van der Waals surface area (Å²) in [4.78, 5) is 0. The van der Waals surface area contributed by atoms with Crippen LogP contribution in [0.5, 0.6) is 0 Å². The van der Waals surface area contributed by atoms with E-state index in [1.54, 1.807) is 11.1 Å². The first kappa shape index (κ1) is 25.9. The fraction of sp³-hybridized carbons (Fsp3) is 0.385. The minimum absolute atomic E-state index is 0. The molecule has 2 aromatic carbocycles. The van der Waals surface area contributed by atoms with Crippen LogP contribution in [0.2, 0.25) is 12.1 Å². The maximum atomic E-state index is 2.53. The molecule has 2 aliphatic rings. The fourth-order valence-corrected chi connectivity index (χ4v) is 32.2. The molecule has 0 unspecified atom stereocenters. The third-order valence-corrected chi connectivity index (χ3v) is 27.1. The number of rotatable bonds is 6. The van der Waals surface area contributed by atoms with Gasteiger partial charge in [-0.25, -0.2) is 0 Å². The number of hydrogen-bond donors (Lipinski definition) is 0. The van der Waals surface area contributed by atoms with E-state index in [0.29, 0.717) is 0 Å². The van der Waals surface area contributed by atoms with E-state index < -0.39 is 20.4 Å². The van der Waals surface area contributed by atoms with Gasteiger partial charge in [0.15, 0.2) is 0 Å².